The fourth-order valence-corrected chi connectivity index (χ4v) is 3.07. The van der Waals surface area contributed by atoms with E-state index in [1.54, 1.807) is 4.90 Å². The van der Waals surface area contributed by atoms with E-state index in [4.69, 9.17) is 9.47 Å². The van der Waals surface area contributed by atoms with Crippen LogP contribution in [0.5, 0.6) is 11.5 Å². The number of ether oxygens (including phenoxy) is 2. The van der Waals surface area contributed by atoms with E-state index in [2.05, 4.69) is 0 Å². The molecule has 0 aliphatic carbocycles. The average molecular weight is 375 g/mol. The molecule has 6 heteroatoms. The Balaban J connectivity index is 1.48. The van der Waals surface area contributed by atoms with Crippen molar-refractivity contribution in [3.8, 4) is 11.5 Å². The van der Waals surface area contributed by atoms with Gasteiger partial charge >= 0.3 is 0 Å². The van der Waals surface area contributed by atoms with E-state index >= 15 is 0 Å². The van der Waals surface area contributed by atoms with Gasteiger partial charge in [0.1, 0.15) is 17.7 Å². The van der Waals surface area contributed by atoms with E-state index in [1.165, 1.54) is 12.1 Å². The van der Waals surface area contributed by atoms with Crippen LogP contribution in [0.3, 0.4) is 0 Å². The van der Waals surface area contributed by atoms with Crippen LogP contribution in [0.2, 0.25) is 0 Å². The highest BCUT2D eigenvalue weighted by Gasteiger charge is 2.25. The van der Waals surface area contributed by atoms with Crippen LogP contribution in [0.15, 0.2) is 36.4 Å². The highest BCUT2D eigenvalue weighted by molar-refractivity contribution is 5.77. The summed E-state index contributed by atoms with van der Waals surface area (Å²) in [6.45, 7) is 4.94. The number of hydrogen-bond acceptors (Lipinski definition) is 3. The molecule has 2 aromatic rings. The van der Waals surface area contributed by atoms with Crippen LogP contribution in [0.1, 0.15) is 24.0 Å². The number of hydrogen-bond donors (Lipinski definition) is 0. The Hall–Kier alpha value is -2.63. The van der Waals surface area contributed by atoms with E-state index in [0.29, 0.717) is 31.7 Å². The van der Waals surface area contributed by atoms with Gasteiger partial charge < -0.3 is 14.4 Å². The maximum Gasteiger partial charge on any atom is 0.260 e. The zero-order valence-corrected chi connectivity index (χ0v) is 15.5. The van der Waals surface area contributed by atoms with Gasteiger partial charge in [0.15, 0.2) is 18.2 Å². The lowest BCUT2D eigenvalue weighted by molar-refractivity contribution is -0.135. The van der Waals surface area contributed by atoms with Gasteiger partial charge in [-0.25, -0.2) is 8.78 Å². The molecule has 0 aromatic heterocycles. The summed E-state index contributed by atoms with van der Waals surface area (Å²) in [7, 11) is 0. The second-order valence-corrected chi connectivity index (χ2v) is 6.83. The molecule has 0 atom stereocenters. The largest absolute Gasteiger partial charge is 0.487 e. The van der Waals surface area contributed by atoms with Crippen molar-refractivity contribution in [2.45, 2.75) is 32.8 Å². The van der Waals surface area contributed by atoms with Crippen LogP contribution < -0.4 is 9.47 Å². The third-order valence-corrected chi connectivity index (χ3v) is 4.68. The lowest BCUT2D eigenvalue weighted by atomic mass is 10.1. The van der Waals surface area contributed by atoms with E-state index < -0.39 is 11.6 Å². The third kappa shape index (κ3) is 4.96. The number of aryl methyl sites for hydroxylation is 2. The molecule has 1 heterocycles. The van der Waals surface area contributed by atoms with Gasteiger partial charge in [0.05, 0.1) is 0 Å². The van der Waals surface area contributed by atoms with Crippen LogP contribution in [0.4, 0.5) is 8.78 Å². The predicted molar refractivity (Wildman–Crippen MR) is 98.0 cm³/mol. The van der Waals surface area contributed by atoms with Crippen molar-refractivity contribution in [2.75, 3.05) is 19.7 Å². The average Bonchev–Trinajstić information content (AvgIpc) is 2.65. The summed E-state index contributed by atoms with van der Waals surface area (Å²) in [5, 5.41) is 0. The van der Waals surface area contributed by atoms with Crippen molar-refractivity contribution in [1.29, 1.82) is 0 Å². The second kappa shape index (κ2) is 8.37. The molecule has 1 aliphatic heterocycles. The van der Waals surface area contributed by atoms with Gasteiger partial charge in [-0.15, -0.1) is 0 Å². The molecule has 0 radical (unpaired) electrons. The molecule has 1 aliphatic rings. The molecular formula is C21H23F2NO3. The molecule has 0 unspecified atom stereocenters. The number of amides is 1. The molecule has 27 heavy (non-hydrogen) atoms. The Bertz CT molecular complexity index is 817. The van der Waals surface area contributed by atoms with E-state index in [9.17, 15) is 13.6 Å². The SMILES string of the molecule is Cc1ccc(C)c(OCC(=O)N2CCC(Oc3ccc(F)cc3F)CC2)c1. The summed E-state index contributed by atoms with van der Waals surface area (Å²) in [4.78, 5) is 14.1. The molecule has 1 fully saturated rings. The molecule has 0 spiro atoms. The Morgan fingerprint density at radius 2 is 1.81 bits per heavy atom. The van der Waals surface area contributed by atoms with Crippen molar-refractivity contribution in [1.82, 2.24) is 4.90 Å². The quantitative estimate of drug-likeness (QED) is 0.792. The number of rotatable bonds is 5. The standard InChI is InChI=1S/C21H23F2NO3/c1-14-3-4-15(2)20(11-14)26-13-21(25)24-9-7-17(8-10-24)27-19-6-5-16(22)12-18(19)23/h3-6,11-12,17H,7-10,13H2,1-2H3. The Kier molecular flexibility index (Phi) is 5.94. The van der Waals surface area contributed by atoms with Gasteiger partial charge in [-0.3, -0.25) is 4.79 Å². The molecule has 0 bridgehead atoms. The molecule has 1 saturated heterocycles. The summed E-state index contributed by atoms with van der Waals surface area (Å²) in [5.74, 6) is -0.672. The van der Waals surface area contributed by atoms with E-state index in [0.717, 1.165) is 17.2 Å². The zero-order chi connectivity index (χ0) is 19.4. The first-order valence-electron chi connectivity index (χ1n) is 9.02. The maximum absolute atomic E-state index is 13.7. The number of carbonyl (C=O) groups is 1. The number of benzene rings is 2. The Morgan fingerprint density at radius 1 is 1.07 bits per heavy atom. The van der Waals surface area contributed by atoms with Gasteiger partial charge in [-0.05, 0) is 43.2 Å². The summed E-state index contributed by atoms with van der Waals surface area (Å²) >= 11 is 0. The van der Waals surface area contributed by atoms with Crippen molar-refractivity contribution < 1.29 is 23.0 Å². The molecular weight excluding hydrogens is 352 g/mol. The normalized spacial score (nSPS) is 14.9. The summed E-state index contributed by atoms with van der Waals surface area (Å²) in [6, 6.07) is 9.14. The minimum atomic E-state index is -0.713. The smallest absolute Gasteiger partial charge is 0.260 e. The van der Waals surface area contributed by atoms with E-state index in [1.807, 2.05) is 32.0 Å². The van der Waals surface area contributed by atoms with Crippen molar-refractivity contribution >= 4 is 5.91 Å². The fraction of sp³-hybridized carbons (Fsp3) is 0.381. The Labute approximate surface area is 157 Å². The van der Waals surface area contributed by atoms with Crippen LogP contribution in [0, 0.1) is 25.5 Å². The lowest BCUT2D eigenvalue weighted by Gasteiger charge is -2.32. The maximum atomic E-state index is 13.7. The monoisotopic (exact) mass is 375 g/mol. The van der Waals surface area contributed by atoms with E-state index in [-0.39, 0.29) is 24.4 Å². The fourth-order valence-electron chi connectivity index (χ4n) is 3.07. The third-order valence-electron chi connectivity index (χ3n) is 4.68. The minimum Gasteiger partial charge on any atom is -0.487 e. The second-order valence-electron chi connectivity index (χ2n) is 6.83. The lowest BCUT2D eigenvalue weighted by Crippen LogP contribution is -2.43. The van der Waals surface area contributed by atoms with Gasteiger partial charge in [0.25, 0.3) is 5.91 Å². The number of nitrogens with zero attached hydrogens (tertiary/aromatic N) is 1. The first kappa shape index (κ1) is 19.1. The molecule has 0 N–H and O–H groups in total. The van der Waals surface area contributed by atoms with Crippen molar-refractivity contribution in [3.05, 3.63) is 59.2 Å². The van der Waals surface area contributed by atoms with Gasteiger partial charge in [-0.2, -0.15) is 0 Å². The molecule has 144 valence electrons. The summed E-state index contributed by atoms with van der Waals surface area (Å²) < 4.78 is 37.9. The van der Waals surface area contributed by atoms with Gasteiger partial charge in [-0.1, -0.05) is 12.1 Å². The Morgan fingerprint density at radius 3 is 2.52 bits per heavy atom. The van der Waals surface area contributed by atoms with Crippen LogP contribution in [-0.4, -0.2) is 36.6 Å². The molecule has 3 rings (SSSR count). The summed E-state index contributed by atoms with van der Waals surface area (Å²) in [6.07, 6.45) is 0.979. The number of likely N-dealkylation sites (tertiary alicyclic amines) is 1. The molecule has 0 saturated carbocycles. The van der Waals surface area contributed by atoms with Crippen LogP contribution in [0.25, 0.3) is 0 Å². The predicted octanol–water partition coefficient (Wildman–Crippen LogP) is 4.03. The highest BCUT2D eigenvalue weighted by atomic mass is 19.1. The van der Waals surface area contributed by atoms with Crippen LogP contribution >= 0.6 is 0 Å². The number of piperidine rings is 1. The first-order valence-corrected chi connectivity index (χ1v) is 9.02. The minimum absolute atomic E-state index is 0.0115. The number of halogens is 2. The molecule has 2 aromatic carbocycles. The van der Waals surface area contributed by atoms with Gasteiger partial charge in [0, 0.05) is 32.0 Å². The topological polar surface area (TPSA) is 38.8 Å². The van der Waals surface area contributed by atoms with Crippen molar-refractivity contribution in [3.63, 3.8) is 0 Å². The molecule has 1 amide bonds. The summed E-state index contributed by atoms with van der Waals surface area (Å²) in [5.41, 5.74) is 2.07. The van der Waals surface area contributed by atoms with Gasteiger partial charge in [0.2, 0.25) is 0 Å². The first-order chi connectivity index (χ1) is 12.9. The van der Waals surface area contributed by atoms with Crippen molar-refractivity contribution in [2.24, 2.45) is 0 Å². The van der Waals surface area contributed by atoms with Crippen LogP contribution in [-0.2, 0) is 4.79 Å². The molecule has 4 nitrogen and oxygen atoms in total. The zero-order valence-electron chi connectivity index (χ0n) is 15.5. The number of carbonyl (C=O) groups excluding carboxylic acids is 1. The highest BCUT2D eigenvalue weighted by Crippen LogP contribution is 2.23.